The van der Waals surface area contributed by atoms with Gasteiger partial charge in [-0.15, -0.1) is 6.58 Å². The van der Waals surface area contributed by atoms with Gasteiger partial charge in [0, 0.05) is 6.92 Å². The van der Waals surface area contributed by atoms with Gasteiger partial charge in [0.05, 0.1) is 6.10 Å². The molecule has 1 aliphatic carbocycles. The monoisotopic (exact) mass is 212 g/mol. The summed E-state index contributed by atoms with van der Waals surface area (Å²) in [4.78, 5) is 9.00. The van der Waals surface area contributed by atoms with E-state index in [4.69, 9.17) is 9.90 Å². The zero-order valence-corrected chi connectivity index (χ0v) is 9.44. The molecule has 0 heterocycles. The molecular weight excluding hydrogens is 192 g/mol. The van der Waals surface area contributed by atoms with Gasteiger partial charge in [-0.3, -0.25) is 4.79 Å². The second-order valence-corrected chi connectivity index (χ2v) is 3.84. The molecule has 0 aromatic carbocycles. The molecule has 1 rings (SSSR count). The second-order valence-electron chi connectivity index (χ2n) is 3.84. The zero-order chi connectivity index (χ0) is 11.8. The van der Waals surface area contributed by atoms with Crippen LogP contribution in [0.3, 0.4) is 0 Å². The first kappa shape index (κ1) is 13.9. The van der Waals surface area contributed by atoms with E-state index in [0.717, 1.165) is 31.8 Å². The van der Waals surface area contributed by atoms with Crippen LogP contribution in [0.2, 0.25) is 0 Å². The molecule has 0 aromatic rings. The maximum Gasteiger partial charge on any atom is 0.300 e. The van der Waals surface area contributed by atoms with Gasteiger partial charge in [0.25, 0.3) is 5.97 Å². The highest BCUT2D eigenvalue weighted by atomic mass is 16.4. The molecule has 0 fully saturated rings. The number of allylic oxidation sites excluding steroid dienone is 2. The summed E-state index contributed by atoms with van der Waals surface area (Å²) in [6, 6.07) is 0. The van der Waals surface area contributed by atoms with Gasteiger partial charge < -0.3 is 10.2 Å². The molecule has 0 amide bonds. The number of carbonyl (C=O) groups is 1. The predicted molar refractivity (Wildman–Crippen MR) is 60.6 cm³/mol. The van der Waals surface area contributed by atoms with Crippen molar-refractivity contribution in [1.29, 1.82) is 0 Å². The molecule has 2 N–H and O–H groups in total. The molecule has 2 atom stereocenters. The first-order valence-electron chi connectivity index (χ1n) is 5.12. The van der Waals surface area contributed by atoms with Gasteiger partial charge in [0.15, 0.2) is 0 Å². The Hall–Kier alpha value is -1.09. The van der Waals surface area contributed by atoms with E-state index >= 15 is 0 Å². The van der Waals surface area contributed by atoms with Gasteiger partial charge in [0.1, 0.15) is 0 Å². The van der Waals surface area contributed by atoms with Gasteiger partial charge >= 0.3 is 0 Å². The molecule has 0 radical (unpaired) electrons. The van der Waals surface area contributed by atoms with Gasteiger partial charge in [-0.2, -0.15) is 0 Å². The smallest absolute Gasteiger partial charge is 0.300 e. The number of rotatable bonds is 2. The van der Waals surface area contributed by atoms with Crippen LogP contribution in [0.25, 0.3) is 0 Å². The summed E-state index contributed by atoms with van der Waals surface area (Å²) >= 11 is 0. The number of carboxylic acid groups (broad SMARTS) is 1. The molecule has 0 spiro atoms. The molecule has 0 aromatic heterocycles. The SMILES string of the molecule is C=CCC1CC=C(C)C(O)C1.CC(=O)O. The largest absolute Gasteiger partial charge is 0.481 e. The van der Waals surface area contributed by atoms with Crippen LogP contribution in [0.15, 0.2) is 24.3 Å². The lowest BCUT2D eigenvalue weighted by molar-refractivity contribution is -0.134. The summed E-state index contributed by atoms with van der Waals surface area (Å²) in [7, 11) is 0. The fourth-order valence-corrected chi connectivity index (χ4v) is 1.51. The third kappa shape index (κ3) is 6.91. The fourth-order valence-electron chi connectivity index (χ4n) is 1.51. The lowest BCUT2D eigenvalue weighted by Crippen LogP contribution is -2.18. The number of aliphatic hydroxyl groups is 1. The highest BCUT2D eigenvalue weighted by molar-refractivity contribution is 5.62. The Morgan fingerprint density at radius 2 is 2.27 bits per heavy atom. The van der Waals surface area contributed by atoms with E-state index in [1.54, 1.807) is 0 Å². The summed E-state index contributed by atoms with van der Waals surface area (Å²) in [5.74, 6) is -0.216. The highest BCUT2D eigenvalue weighted by Gasteiger charge is 2.18. The van der Waals surface area contributed by atoms with Crippen LogP contribution in [-0.2, 0) is 4.79 Å². The molecule has 1 aliphatic rings. The summed E-state index contributed by atoms with van der Waals surface area (Å²) in [5.41, 5.74) is 1.13. The summed E-state index contributed by atoms with van der Waals surface area (Å²) < 4.78 is 0. The third-order valence-corrected chi connectivity index (χ3v) is 2.36. The second kappa shape index (κ2) is 7.23. The molecule has 0 aliphatic heterocycles. The molecule has 0 bridgehead atoms. The first-order valence-corrected chi connectivity index (χ1v) is 5.12. The van der Waals surface area contributed by atoms with Crippen LogP contribution in [0.4, 0.5) is 0 Å². The Kier molecular flexibility index (Phi) is 6.71. The fraction of sp³-hybridized carbons (Fsp3) is 0.583. The van der Waals surface area contributed by atoms with Crippen molar-refractivity contribution in [3.05, 3.63) is 24.3 Å². The lowest BCUT2D eigenvalue weighted by atomic mass is 9.86. The molecule has 0 saturated carbocycles. The Morgan fingerprint density at radius 1 is 1.73 bits per heavy atom. The molecule has 0 saturated heterocycles. The van der Waals surface area contributed by atoms with Gasteiger partial charge in [-0.05, 0) is 37.7 Å². The zero-order valence-electron chi connectivity index (χ0n) is 9.44. The normalized spacial score (nSPS) is 24.6. The molecule has 2 unspecified atom stereocenters. The van der Waals surface area contributed by atoms with Crippen molar-refractivity contribution >= 4 is 5.97 Å². The van der Waals surface area contributed by atoms with Crippen molar-refractivity contribution in [1.82, 2.24) is 0 Å². The minimum Gasteiger partial charge on any atom is -0.481 e. The Labute approximate surface area is 91.1 Å². The Morgan fingerprint density at radius 3 is 2.67 bits per heavy atom. The molecule has 3 heteroatoms. The lowest BCUT2D eigenvalue weighted by Gasteiger charge is -2.23. The third-order valence-electron chi connectivity index (χ3n) is 2.36. The van der Waals surface area contributed by atoms with Gasteiger partial charge in [0.2, 0.25) is 0 Å². The van der Waals surface area contributed by atoms with Crippen molar-refractivity contribution < 1.29 is 15.0 Å². The maximum atomic E-state index is 9.47. The van der Waals surface area contributed by atoms with E-state index in [1.807, 2.05) is 13.0 Å². The maximum absolute atomic E-state index is 9.47. The van der Waals surface area contributed by atoms with E-state index in [2.05, 4.69) is 12.7 Å². The van der Waals surface area contributed by atoms with Gasteiger partial charge in [-0.25, -0.2) is 0 Å². The quantitative estimate of drug-likeness (QED) is 0.691. The Balaban J connectivity index is 0.000000423. The van der Waals surface area contributed by atoms with E-state index in [0.29, 0.717) is 5.92 Å². The Bertz CT molecular complexity index is 239. The van der Waals surface area contributed by atoms with Crippen LogP contribution in [0, 0.1) is 5.92 Å². The number of hydrogen-bond donors (Lipinski definition) is 2. The number of hydrogen-bond acceptors (Lipinski definition) is 2. The molecule has 86 valence electrons. The van der Waals surface area contributed by atoms with E-state index in [1.165, 1.54) is 0 Å². The average molecular weight is 212 g/mol. The van der Waals surface area contributed by atoms with E-state index < -0.39 is 5.97 Å². The van der Waals surface area contributed by atoms with E-state index in [9.17, 15) is 5.11 Å². The van der Waals surface area contributed by atoms with Crippen molar-refractivity contribution in [3.63, 3.8) is 0 Å². The number of aliphatic hydroxyl groups excluding tert-OH is 1. The minimum absolute atomic E-state index is 0.200. The van der Waals surface area contributed by atoms with Crippen molar-refractivity contribution in [3.8, 4) is 0 Å². The van der Waals surface area contributed by atoms with Crippen LogP contribution < -0.4 is 0 Å². The summed E-state index contributed by atoms with van der Waals surface area (Å²) in [6.07, 6.45) is 6.92. The van der Waals surface area contributed by atoms with Crippen molar-refractivity contribution in [2.24, 2.45) is 5.92 Å². The summed E-state index contributed by atoms with van der Waals surface area (Å²) in [6.45, 7) is 6.77. The number of carboxylic acids is 1. The van der Waals surface area contributed by atoms with Crippen LogP contribution in [0.5, 0.6) is 0 Å². The predicted octanol–water partition coefficient (Wildman–Crippen LogP) is 2.37. The number of aliphatic carboxylic acids is 1. The molecular formula is C12H20O3. The topological polar surface area (TPSA) is 57.5 Å². The van der Waals surface area contributed by atoms with Crippen LogP contribution in [0.1, 0.15) is 33.1 Å². The molecule has 3 nitrogen and oxygen atoms in total. The standard InChI is InChI=1S/C10H16O.C2H4O2/c1-3-4-9-6-5-8(2)10(11)7-9;1-2(3)4/h3,5,9-11H,1,4,6-7H2,2H3;1H3,(H,3,4). The van der Waals surface area contributed by atoms with Crippen LogP contribution >= 0.6 is 0 Å². The van der Waals surface area contributed by atoms with Crippen molar-refractivity contribution in [2.75, 3.05) is 0 Å². The summed E-state index contributed by atoms with van der Waals surface area (Å²) in [5, 5.41) is 16.9. The highest BCUT2D eigenvalue weighted by Crippen LogP contribution is 2.26. The van der Waals surface area contributed by atoms with Gasteiger partial charge in [-0.1, -0.05) is 12.2 Å². The first-order chi connectivity index (χ1) is 6.97. The minimum atomic E-state index is -0.833. The van der Waals surface area contributed by atoms with Crippen LogP contribution in [-0.4, -0.2) is 22.3 Å². The van der Waals surface area contributed by atoms with Crippen molar-refractivity contribution in [2.45, 2.75) is 39.2 Å². The average Bonchev–Trinajstić information content (AvgIpc) is 2.11. The van der Waals surface area contributed by atoms with E-state index in [-0.39, 0.29) is 6.10 Å². The molecule has 15 heavy (non-hydrogen) atoms.